The van der Waals surface area contributed by atoms with Crippen molar-refractivity contribution in [2.45, 2.75) is 12.2 Å². The van der Waals surface area contributed by atoms with Crippen LogP contribution in [0.2, 0.25) is 0 Å². The van der Waals surface area contributed by atoms with Gasteiger partial charge in [-0.3, -0.25) is 0 Å². The monoisotopic (exact) mass is 392 g/mol. The van der Waals surface area contributed by atoms with Gasteiger partial charge < -0.3 is 24.1 Å². The quantitative estimate of drug-likeness (QED) is 0.610. The van der Waals surface area contributed by atoms with Gasteiger partial charge in [0.25, 0.3) is 0 Å². The Balaban J connectivity index is 1.50. The molecule has 0 saturated carbocycles. The van der Waals surface area contributed by atoms with E-state index >= 15 is 0 Å². The average Bonchev–Trinajstić information content (AvgIpc) is 2.77. The summed E-state index contributed by atoms with van der Waals surface area (Å²) in [5, 5.41) is 9.66. The Morgan fingerprint density at radius 2 is 1.41 bits per heavy atom. The lowest BCUT2D eigenvalue weighted by Gasteiger charge is -2.32. The summed E-state index contributed by atoms with van der Waals surface area (Å²) in [6.07, 6.45) is -2.02. The van der Waals surface area contributed by atoms with Crippen LogP contribution in [0.1, 0.15) is 11.7 Å². The number of hydrogen-bond donors (Lipinski definition) is 1. The van der Waals surface area contributed by atoms with Crippen molar-refractivity contribution in [3.05, 3.63) is 84.4 Å². The van der Waals surface area contributed by atoms with Gasteiger partial charge in [-0.05, 0) is 30.3 Å². The van der Waals surface area contributed by atoms with Crippen molar-refractivity contribution in [2.75, 3.05) is 13.2 Å². The molecule has 3 aromatic rings. The Kier molecular flexibility index (Phi) is 5.52. The molecule has 0 saturated heterocycles. The number of rotatable bonds is 7. The summed E-state index contributed by atoms with van der Waals surface area (Å²) < 4.78 is 23.2. The summed E-state index contributed by atoms with van der Waals surface area (Å²) in [6, 6.07) is 23.7. The zero-order chi connectivity index (χ0) is 20.1. The lowest BCUT2D eigenvalue weighted by Crippen LogP contribution is -2.39. The Hall–Kier alpha value is -3.67. The number of carboxylic acids is 1. The summed E-state index contributed by atoms with van der Waals surface area (Å²) >= 11 is 0. The van der Waals surface area contributed by atoms with E-state index < -0.39 is 18.2 Å². The normalized spacial score (nSPS) is 17.4. The number of para-hydroxylation sites is 4. The van der Waals surface area contributed by atoms with Crippen LogP contribution in [0, 0.1) is 0 Å². The lowest BCUT2D eigenvalue weighted by molar-refractivity contribution is -0.151. The van der Waals surface area contributed by atoms with Crippen molar-refractivity contribution in [3.63, 3.8) is 0 Å². The van der Waals surface area contributed by atoms with Gasteiger partial charge in [-0.1, -0.05) is 48.5 Å². The Labute approximate surface area is 168 Å². The van der Waals surface area contributed by atoms with E-state index in [0.29, 0.717) is 36.0 Å². The largest absolute Gasteiger partial charge is 0.490 e. The molecule has 0 amide bonds. The molecule has 1 aliphatic rings. The number of aliphatic carboxylic acids is 1. The van der Waals surface area contributed by atoms with Crippen LogP contribution >= 0.6 is 0 Å². The van der Waals surface area contributed by atoms with E-state index in [-0.39, 0.29) is 0 Å². The third-order valence-electron chi connectivity index (χ3n) is 4.45. The molecule has 0 spiro atoms. The zero-order valence-corrected chi connectivity index (χ0v) is 15.6. The number of carbonyl (C=O) groups is 1. The first-order valence-corrected chi connectivity index (χ1v) is 9.27. The fourth-order valence-electron chi connectivity index (χ4n) is 3.12. The molecule has 3 aromatic carbocycles. The Morgan fingerprint density at radius 3 is 2.17 bits per heavy atom. The molecule has 0 fully saturated rings. The second-order valence-electron chi connectivity index (χ2n) is 6.41. The minimum atomic E-state index is -1.18. The van der Waals surface area contributed by atoms with Crippen LogP contribution in [-0.2, 0) is 4.79 Å². The van der Waals surface area contributed by atoms with Crippen molar-refractivity contribution in [1.29, 1.82) is 0 Å². The van der Waals surface area contributed by atoms with Gasteiger partial charge in [-0.2, -0.15) is 0 Å². The van der Waals surface area contributed by atoms with Crippen LogP contribution < -0.4 is 18.9 Å². The van der Waals surface area contributed by atoms with E-state index in [1.807, 2.05) is 48.5 Å². The van der Waals surface area contributed by atoms with E-state index in [1.54, 1.807) is 30.3 Å². The predicted octanol–water partition coefficient (Wildman–Crippen LogP) is 4.11. The SMILES string of the molecule is O=C(O)C1Oc2ccccc2OC1c1ccccc1OCCOc1ccccc1. The molecule has 0 radical (unpaired) electrons. The van der Waals surface area contributed by atoms with Crippen molar-refractivity contribution < 1.29 is 28.8 Å². The highest BCUT2D eigenvalue weighted by Gasteiger charge is 2.39. The molecule has 0 bridgehead atoms. The summed E-state index contributed by atoms with van der Waals surface area (Å²) in [7, 11) is 0. The minimum absolute atomic E-state index is 0.299. The molecular formula is C23H20O6. The first kappa shape index (κ1) is 18.7. The molecule has 148 valence electrons. The van der Waals surface area contributed by atoms with Gasteiger partial charge in [0.05, 0.1) is 0 Å². The number of carboxylic acid groups (broad SMARTS) is 1. The van der Waals surface area contributed by atoms with Crippen LogP contribution in [0.4, 0.5) is 0 Å². The van der Waals surface area contributed by atoms with Crippen LogP contribution in [0.5, 0.6) is 23.0 Å². The Bertz CT molecular complexity index is 972. The highest BCUT2D eigenvalue weighted by molar-refractivity contribution is 5.75. The van der Waals surface area contributed by atoms with E-state index in [1.165, 1.54) is 0 Å². The predicted molar refractivity (Wildman–Crippen MR) is 106 cm³/mol. The molecule has 0 aromatic heterocycles. The average molecular weight is 392 g/mol. The molecule has 2 unspecified atom stereocenters. The molecule has 6 heteroatoms. The van der Waals surface area contributed by atoms with Gasteiger partial charge in [-0.15, -0.1) is 0 Å². The number of ether oxygens (including phenoxy) is 4. The summed E-state index contributed by atoms with van der Waals surface area (Å²) in [6.45, 7) is 0.652. The number of benzene rings is 3. The maximum atomic E-state index is 11.8. The van der Waals surface area contributed by atoms with Crippen molar-refractivity contribution in [3.8, 4) is 23.0 Å². The van der Waals surface area contributed by atoms with E-state index in [4.69, 9.17) is 18.9 Å². The molecule has 1 N–H and O–H groups in total. The van der Waals surface area contributed by atoms with Crippen LogP contribution in [0.3, 0.4) is 0 Å². The second kappa shape index (κ2) is 8.56. The molecular weight excluding hydrogens is 372 g/mol. The van der Waals surface area contributed by atoms with Crippen molar-refractivity contribution in [1.82, 2.24) is 0 Å². The topological polar surface area (TPSA) is 74.2 Å². The van der Waals surface area contributed by atoms with Gasteiger partial charge >= 0.3 is 5.97 Å². The zero-order valence-electron chi connectivity index (χ0n) is 15.6. The van der Waals surface area contributed by atoms with E-state index in [0.717, 1.165) is 5.75 Å². The Morgan fingerprint density at radius 1 is 0.793 bits per heavy atom. The fourth-order valence-corrected chi connectivity index (χ4v) is 3.12. The molecule has 2 atom stereocenters. The van der Waals surface area contributed by atoms with Crippen LogP contribution in [-0.4, -0.2) is 30.4 Å². The lowest BCUT2D eigenvalue weighted by atomic mass is 10.0. The number of hydrogen-bond acceptors (Lipinski definition) is 5. The van der Waals surface area contributed by atoms with Gasteiger partial charge in [-0.25, -0.2) is 4.79 Å². The van der Waals surface area contributed by atoms with Gasteiger partial charge in [0, 0.05) is 5.56 Å². The van der Waals surface area contributed by atoms with Crippen LogP contribution in [0.15, 0.2) is 78.9 Å². The molecule has 1 aliphatic heterocycles. The molecule has 29 heavy (non-hydrogen) atoms. The third-order valence-corrected chi connectivity index (χ3v) is 4.45. The first-order valence-electron chi connectivity index (χ1n) is 9.27. The standard InChI is InChI=1S/C23H20O6/c24-23(25)22-21(28-19-12-6-7-13-20(19)29-22)17-10-4-5-11-18(17)27-15-14-26-16-8-2-1-3-9-16/h1-13,21-22H,14-15H2,(H,24,25). The molecule has 0 aliphatic carbocycles. The molecule has 4 rings (SSSR count). The summed E-state index contributed by atoms with van der Waals surface area (Å²) in [5.74, 6) is 1.09. The maximum absolute atomic E-state index is 11.8. The van der Waals surface area contributed by atoms with Crippen molar-refractivity contribution in [2.24, 2.45) is 0 Å². The van der Waals surface area contributed by atoms with Gasteiger partial charge in [0.1, 0.15) is 24.7 Å². The van der Waals surface area contributed by atoms with E-state index in [9.17, 15) is 9.90 Å². The number of fused-ring (bicyclic) bond motifs is 1. The highest BCUT2D eigenvalue weighted by atomic mass is 16.6. The van der Waals surface area contributed by atoms with Gasteiger partial charge in [0.2, 0.25) is 6.10 Å². The fraction of sp³-hybridized carbons (Fsp3) is 0.174. The minimum Gasteiger partial charge on any atom is -0.490 e. The summed E-state index contributed by atoms with van der Waals surface area (Å²) in [5.41, 5.74) is 0.606. The third kappa shape index (κ3) is 4.27. The second-order valence-corrected chi connectivity index (χ2v) is 6.41. The first-order chi connectivity index (χ1) is 14.2. The van der Waals surface area contributed by atoms with E-state index in [2.05, 4.69) is 0 Å². The molecule has 1 heterocycles. The van der Waals surface area contributed by atoms with Gasteiger partial charge in [0.15, 0.2) is 17.6 Å². The summed E-state index contributed by atoms with van der Waals surface area (Å²) in [4.78, 5) is 11.8. The highest BCUT2D eigenvalue weighted by Crippen LogP contribution is 2.41. The van der Waals surface area contributed by atoms with Crippen molar-refractivity contribution >= 4 is 5.97 Å². The molecule has 6 nitrogen and oxygen atoms in total. The van der Waals surface area contributed by atoms with Crippen LogP contribution in [0.25, 0.3) is 0 Å². The smallest absolute Gasteiger partial charge is 0.349 e. The maximum Gasteiger partial charge on any atom is 0.349 e.